The zero-order valence-corrected chi connectivity index (χ0v) is 12.6. The number of alkyl halides is 3. The minimum absolute atomic E-state index is 0.209. The van der Waals surface area contributed by atoms with Crippen LogP contribution >= 0.6 is 11.8 Å². The molecule has 9 heteroatoms. The SMILES string of the molecule is Cc1ccc2nc(CSc3nnc(C(F)(F)F)n3C)cn2c1. The summed E-state index contributed by atoms with van der Waals surface area (Å²) >= 11 is 1.17. The molecule has 3 aromatic rings. The van der Waals surface area contributed by atoms with Crippen molar-refractivity contribution in [1.82, 2.24) is 24.1 Å². The van der Waals surface area contributed by atoms with Crippen LogP contribution in [0.4, 0.5) is 13.2 Å². The van der Waals surface area contributed by atoms with Crippen LogP contribution in [-0.2, 0) is 19.0 Å². The van der Waals surface area contributed by atoms with Gasteiger partial charge in [-0.1, -0.05) is 17.8 Å². The number of fused-ring (bicyclic) bond motifs is 1. The number of rotatable bonds is 3. The molecule has 3 rings (SSSR count). The van der Waals surface area contributed by atoms with E-state index in [4.69, 9.17) is 0 Å². The number of aromatic nitrogens is 5. The van der Waals surface area contributed by atoms with E-state index >= 15 is 0 Å². The molecule has 0 unspecified atom stereocenters. The van der Waals surface area contributed by atoms with E-state index < -0.39 is 12.0 Å². The van der Waals surface area contributed by atoms with Crippen molar-refractivity contribution in [3.05, 3.63) is 41.6 Å². The van der Waals surface area contributed by atoms with Crippen molar-refractivity contribution in [3.63, 3.8) is 0 Å². The molecule has 0 fully saturated rings. The summed E-state index contributed by atoms with van der Waals surface area (Å²) in [5.41, 5.74) is 2.68. The van der Waals surface area contributed by atoms with Crippen molar-refractivity contribution in [2.24, 2.45) is 7.05 Å². The third kappa shape index (κ3) is 2.80. The van der Waals surface area contributed by atoms with Crippen molar-refractivity contribution in [3.8, 4) is 0 Å². The van der Waals surface area contributed by atoms with Gasteiger partial charge in [0.2, 0.25) is 5.82 Å². The predicted octanol–water partition coefficient (Wildman–Crippen LogP) is 3.08. The van der Waals surface area contributed by atoms with E-state index in [-0.39, 0.29) is 5.16 Å². The number of imidazole rings is 1. The van der Waals surface area contributed by atoms with Crippen LogP contribution in [0.15, 0.2) is 29.7 Å². The van der Waals surface area contributed by atoms with Crippen molar-refractivity contribution < 1.29 is 13.2 Å². The molecule has 0 aliphatic heterocycles. The lowest BCUT2D eigenvalue weighted by atomic mass is 10.3. The molecule has 116 valence electrons. The van der Waals surface area contributed by atoms with Crippen molar-refractivity contribution >= 4 is 17.4 Å². The fraction of sp³-hybridized carbons (Fsp3) is 0.308. The quantitative estimate of drug-likeness (QED) is 0.694. The minimum atomic E-state index is -4.50. The van der Waals surface area contributed by atoms with Crippen molar-refractivity contribution in [2.75, 3.05) is 0 Å². The molecule has 0 radical (unpaired) electrons. The first kappa shape index (κ1) is 14.9. The number of hydrogen-bond acceptors (Lipinski definition) is 4. The molecule has 0 saturated carbocycles. The number of thioether (sulfide) groups is 1. The Morgan fingerprint density at radius 3 is 2.64 bits per heavy atom. The molecule has 0 saturated heterocycles. The predicted molar refractivity (Wildman–Crippen MR) is 75.5 cm³/mol. The lowest BCUT2D eigenvalue weighted by Gasteiger charge is -2.05. The average molecular weight is 327 g/mol. The Labute approximate surface area is 128 Å². The Morgan fingerprint density at radius 1 is 1.18 bits per heavy atom. The monoisotopic (exact) mass is 327 g/mol. The molecule has 3 heterocycles. The maximum absolute atomic E-state index is 12.7. The number of hydrogen-bond donors (Lipinski definition) is 0. The van der Waals surface area contributed by atoms with Gasteiger partial charge in [-0.3, -0.25) is 0 Å². The van der Waals surface area contributed by atoms with Crippen LogP contribution in [0.2, 0.25) is 0 Å². The first-order chi connectivity index (χ1) is 10.3. The van der Waals surface area contributed by atoms with Crippen LogP contribution in [0.5, 0.6) is 0 Å². The summed E-state index contributed by atoms with van der Waals surface area (Å²) in [5.74, 6) is -0.578. The molecule has 5 nitrogen and oxygen atoms in total. The van der Waals surface area contributed by atoms with Crippen LogP contribution < -0.4 is 0 Å². The van der Waals surface area contributed by atoms with E-state index in [1.807, 2.05) is 35.9 Å². The normalized spacial score (nSPS) is 12.2. The van der Waals surface area contributed by atoms with Gasteiger partial charge in [-0.2, -0.15) is 13.2 Å². The lowest BCUT2D eigenvalue weighted by Crippen LogP contribution is -2.12. The Hall–Kier alpha value is -2.03. The van der Waals surface area contributed by atoms with E-state index in [2.05, 4.69) is 15.2 Å². The molecule has 0 aliphatic rings. The maximum Gasteiger partial charge on any atom is 0.451 e. The fourth-order valence-electron chi connectivity index (χ4n) is 2.05. The van der Waals surface area contributed by atoms with Crippen LogP contribution in [-0.4, -0.2) is 24.1 Å². The Balaban J connectivity index is 1.78. The molecular weight excluding hydrogens is 315 g/mol. The van der Waals surface area contributed by atoms with E-state index in [0.29, 0.717) is 5.75 Å². The van der Waals surface area contributed by atoms with Crippen LogP contribution in [0.3, 0.4) is 0 Å². The second-order valence-corrected chi connectivity index (χ2v) is 5.80. The fourth-order valence-corrected chi connectivity index (χ4v) is 2.85. The molecular formula is C13H12F3N5S. The van der Waals surface area contributed by atoms with Crippen LogP contribution in [0, 0.1) is 6.92 Å². The summed E-state index contributed by atoms with van der Waals surface area (Å²) in [7, 11) is 1.30. The third-order valence-corrected chi connectivity index (χ3v) is 4.14. The van der Waals surface area contributed by atoms with Gasteiger partial charge in [0.15, 0.2) is 5.16 Å². The highest BCUT2D eigenvalue weighted by atomic mass is 32.2. The van der Waals surface area contributed by atoms with E-state index in [1.54, 1.807) is 0 Å². The van der Waals surface area contributed by atoms with Gasteiger partial charge in [-0.15, -0.1) is 10.2 Å². The molecule has 22 heavy (non-hydrogen) atoms. The summed E-state index contributed by atoms with van der Waals surface area (Å²) in [6.07, 6.45) is -0.696. The molecule has 0 N–H and O–H groups in total. The number of pyridine rings is 1. The molecule has 0 aromatic carbocycles. The van der Waals surface area contributed by atoms with Gasteiger partial charge in [0.25, 0.3) is 0 Å². The topological polar surface area (TPSA) is 48.0 Å². The first-order valence-corrected chi connectivity index (χ1v) is 7.37. The molecule has 3 aromatic heterocycles. The highest BCUT2D eigenvalue weighted by Gasteiger charge is 2.37. The van der Waals surface area contributed by atoms with Crippen LogP contribution in [0.1, 0.15) is 17.1 Å². The molecule has 0 aliphatic carbocycles. The van der Waals surface area contributed by atoms with Crippen molar-refractivity contribution in [1.29, 1.82) is 0 Å². The molecule has 0 bridgehead atoms. The smallest absolute Gasteiger partial charge is 0.307 e. The number of aryl methyl sites for hydroxylation is 1. The summed E-state index contributed by atoms with van der Waals surface area (Å²) in [4.78, 5) is 4.42. The van der Waals surface area contributed by atoms with Gasteiger partial charge in [-0.05, 0) is 18.6 Å². The first-order valence-electron chi connectivity index (χ1n) is 6.38. The maximum atomic E-state index is 12.7. The van der Waals surface area contributed by atoms with Crippen molar-refractivity contribution in [2.45, 2.75) is 24.0 Å². The second kappa shape index (κ2) is 5.31. The minimum Gasteiger partial charge on any atom is -0.307 e. The number of halogens is 3. The largest absolute Gasteiger partial charge is 0.451 e. The van der Waals surface area contributed by atoms with E-state index in [1.165, 1.54) is 18.8 Å². The van der Waals surface area contributed by atoms with E-state index in [0.717, 1.165) is 21.5 Å². The summed E-state index contributed by atoms with van der Waals surface area (Å²) < 4.78 is 40.8. The van der Waals surface area contributed by atoms with Gasteiger partial charge in [-0.25, -0.2) is 4.98 Å². The summed E-state index contributed by atoms with van der Waals surface area (Å²) in [5, 5.41) is 6.99. The Kier molecular flexibility index (Phi) is 3.59. The highest BCUT2D eigenvalue weighted by Crippen LogP contribution is 2.30. The lowest BCUT2D eigenvalue weighted by molar-refractivity contribution is -0.147. The number of nitrogens with zero attached hydrogens (tertiary/aromatic N) is 5. The zero-order chi connectivity index (χ0) is 15.9. The standard InChI is InChI=1S/C13H12F3N5S/c1-8-3-4-10-17-9(6-21(10)5-8)7-22-12-19-18-11(20(12)2)13(14,15)16/h3-6H,7H2,1-2H3. The summed E-state index contributed by atoms with van der Waals surface area (Å²) in [6, 6.07) is 3.85. The van der Waals surface area contributed by atoms with E-state index in [9.17, 15) is 13.2 Å². The van der Waals surface area contributed by atoms with Gasteiger partial charge < -0.3 is 8.97 Å². The zero-order valence-electron chi connectivity index (χ0n) is 11.8. The Morgan fingerprint density at radius 2 is 1.95 bits per heavy atom. The van der Waals surface area contributed by atoms with Gasteiger partial charge >= 0.3 is 6.18 Å². The Bertz CT molecular complexity index is 821. The van der Waals surface area contributed by atoms with Crippen LogP contribution in [0.25, 0.3) is 5.65 Å². The molecule has 0 spiro atoms. The van der Waals surface area contributed by atoms with Gasteiger partial charge in [0.1, 0.15) is 5.65 Å². The molecule has 0 amide bonds. The molecule has 0 atom stereocenters. The van der Waals surface area contributed by atoms with Gasteiger partial charge in [0, 0.05) is 25.2 Å². The second-order valence-electron chi connectivity index (χ2n) is 4.86. The third-order valence-electron chi connectivity index (χ3n) is 3.09. The highest BCUT2D eigenvalue weighted by molar-refractivity contribution is 7.98. The van der Waals surface area contributed by atoms with Gasteiger partial charge in [0.05, 0.1) is 5.69 Å². The summed E-state index contributed by atoms with van der Waals surface area (Å²) in [6.45, 7) is 1.98. The average Bonchev–Trinajstić information content (AvgIpc) is 2.98.